The Kier molecular flexibility index (Phi) is 7.80. The molecule has 4 rings (SSSR count). The first-order valence-electron chi connectivity index (χ1n) is 9.81. The fourth-order valence-electron chi connectivity index (χ4n) is 3.01. The number of carbonyl (C=O) groups is 2. The molecule has 0 aromatic heterocycles. The number of rotatable bonds is 6. The molecule has 0 saturated carbocycles. The molecule has 3 aromatic carbocycles. The van der Waals surface area contributed by atoms with E-state index in [2.05, 4.69) is 5.43 Å². The third-order valence-electron chi connectivity index (χ3n) is 4.66. The maximum Gasteiger partial charge on any atom is 0.285 e. The van der Waals surface area contributed by atoms with Gasteiger partial charge in [-0.15, -0.1) is 0 Å². The van der Waals surface area contributed by atoms with Gasteiger partial charge in [-0.1, -0.05) is 70.8 Å². The minimum atomic E-state index is -0.490. The van der Waals surface area contributed by atoms with Gasteiger partial charge in [0, 0.05) is 26.2 Å². The standard InChI is InChI=1S/C24H15Cl3N2O3S2/c25-17-5-2-4-15(11-17)22(30)28-29-23(31)21(34-24(29)33)10-14-3-1-6-19(9-14)32-13-16-7-8-18(26)12-20(16)27/h1-12H,13H2,(H,28,30)/b21-10+. The van der Waals surface area contributed by atoms with Gasteiger partial charge in [0.2, 0.25) is 0 Å². The van der Waals surface area contributed by atoms with Crippen LogP contribution in [0.15, 0.2) is 71.6 Å². The van der Waals surface area contributed by atoms with Gasteiger partial charge in [-0.05, 0) is 66.3 Å². The second kappa shape index (κ2) is 10.8. The number of amides is 2. The average Bonchev–Trinajstić information content (AvgIpc) is 3.06. The smallest absolute Gasteiger partial charge is 0.285 e. The van der Waals surface area contributed by atoms with Crippen molar-refractivity contribution >= 4 is 81.0 Å². The fraction of sp³-hybridized carbons (Fsp3) is 0.0417. The predicted molar refractivity (Wildman–Crippen MR) is 141 cm³/mol. The second-order valence-corrected chi connectivity index (χ2v) is 10.0. The van der Waals surface area contributed by atoms with Crippen LogP contribution in [0.5, 0.6) is 5.75 Å². The van der Waals surface area contributed by atoms with Gasteiger partial charge in [-0.25, -0.2) is 0 Å². The van der Waals surface area contributed by atoms with Gasteiger partial charge in [-0.2, -0.15) is 5.01 Å². The average molecular weight is 550 g/mol. The van der Waals surface area contributed by atoms with Crippen LogP contribution in [0.2, 0.25) is 15.1 Å². The molecule has 172 valence electrons. The van der Waals surface area contributed by atoms with Crippen LogP contribution in [-0.2, 0) is 11.4 Å². The van der Waals surface area contributed by atoms with Gasteiger partial charge in [0.1, 0.15) is 12.4 Å². The lowest BCUT2D eigenvalue weighted by Gasteiger charge is -2.15. The molecule has 0 spiro atoms. The van der Waals surface area contributed by atoms with Crippen LogP contribution in [0, 0.1) is 0 Å². The van der Waals surface area contributed by atoms with Gasteiger partial charge in [-0.3, -0.25) is 15.0 Å². The van der Waals surface area contributed by atoms with E-state index in [0.717, 1.165) is 27.9 Å². The van der Waals surface area contributed by atoms with Crippen LogP contribution < -0.4 is 10.2 Å². The molecule has 5 nitrogen and oxygen atoms in total. The first-order valence-corrected chi connectivity index (χ1v) is 12.2. The minimum absolute atomic E-state index is 0.219. The van der Waals surface area contributed by atoms with Crippen molar-refractivity contribution in [2.75, 3.05) is 0 Å². The molecule has 0 unspecified atom stereocenters. The van der Waals surface area contributed by atoms with E-state index >= 15 is 0 Å². The number of hydrogen-bond donors (Lipinski definition) is 1. The normalized spacial score (nSPS) is 14.6. The van der Waals surface area contributed by atoms with Crippen LogP contribution in [0.3, 0.4) is 0 Å². The third-order valence-corrected chi connectivity index (χ3v) is 6.78. The summed E-state index contributed by atoms with van der Waals surface area (Å²) in [5.41, 5.74) is 4.39. The number of benzene rings is 3. The Bertz CT molecular complexity index is 1330. The summed E-state index contributed by atoms with van der Waals surface area (Å²) in [5, 5.41) is 2.54. The number of nitrogens with zero attached hydrogens (tertiary/aromatic N) is 1. The third kappa shape index (κ3) is 5.92. The predicted octanol–water partition coefficient (Wildman–Crippen LogP) is 6.77. The molecule has 0 aliphatic carbocycles. The maximum atomic E-state index is 12.9. The summed E-state index contributed by atoms with van der Waals surface area (Å²) in [5.74, 6) is -0.314. The number of thioether (sulfide) groups is 1. The summed E-state index contributed by atoms with van der Waals surface area (Å²) in [6.45, 7) is 0.261. The maximum absolute atomic E-state index is 12.9. The van der Waals surface area contributed by atoms with E-state index in [1.54, 1.807) is 54.6 Å². The van der Waals surface area contributed by atoms with Crippen molar-refractivity contribution in [1.82, 2.24) is 10.4 Å². The molecule has 1 N–H and O–H groups in total. The Balaban J connectivity index is 1.45. The van der Waals surface area contributed by atoms with Crippen molar-refractivity contribution < 1.29 is 14.3 Å². The minimum Gasteiger partial charge on any atom is -0.489 e. The van der Waals surface area contributed by atoms with Crippen LogP contribution in [0.4, 0.5) is 0 Å². The van der Waals surface area contributed by atoms with Gasteiger partial charge < -0.3 is 4.74 Å². The summed E-state index contributed by atoms with van der Waals surface area (Å²) in [7, 11) is 0. The number of nitrogens with one attached hydrogen (secondary N) is 1. The lowest BCUT2D eigenvalue weighted by Crippen LogP contribution is -2.44. The quantitative estimate of drug-likeness (QED) is 0.272. The lowest BCUT2D eigenvalue weighted by molar-refractivity contribution is -0.123. The van der Waals surface area contributed by atoms with Crippen LogP contribution >= 0.6 is 58.8 Å². The molecule has 1 saturated heterocycles. The van der Waals surface area contributed by atoms with E-state index < -0.39 is 11.8 Å². The number of halogens is 3. The van der Waals surface area contributed by atoms with Gasteiger partial charge in [0.15, 0.2) is 4.32 Å². The van der Waals surface area contributed by atoms with E-state index in [4.69, 9.17) is 51.8 Å². The molecule has 34 heavy (non-hydrogen) atoms. The second-order valence-electron chi connectivity index (χ2n) is 7.07. The Labute approximate surface area is 220 Å². The first kappa shape index (κ1) is 24.6. The summed E-state index contributed by atoms with van der Waals surface area (Å²) in [4.78, 5) is 25.7. The van der Waals surface area contributed by atoms with E-state index in [-0.39, 0.29) is 10.9 Å². The molecule has 2 amide bonds. The van der Waals surface area contributed by atoms with Crippen molar-refractivity contribution in [2.24, 2.45) is 0 Å². The zero-order chi connectivity index (χ0) is 24.2. The number of hydrogen-bond acceptors (Lipinski definition) is 5. The molecular formula is C24H15Cl3N2O3S2. The highest BCUT2D eigenvalue weighted by Crippen LogP contribution is 2.32. The first-order chi connectivity index (χ1) is 16.3. The van der Waals surface area contributed by atoms with Crippen LogP contribution in [0.25, 0.3) is 6.08 Å². The molecule has 0 atom stereocenters. The Hall–Kier alpha value is -2.55. The van der Waals surface area contributed by atoms with Crippen LogP contribution in [-0.4, -0.2) is 21.1 Å². The Morgan fingerprint density at radius 2 is 1.79 bits per heavy atom. The van der Waals surface area contributed by atoms with E-state index in [1.165, 1.54) is 6.07 Å². The number of thiocarbonyl (C=S) groups is 1. The molecule has 1 aliphatic heterocycles. The fourth-order valence-corrected chi connectivity index (χ4v) is 4.84. The highest BCUT2D eigenvalue weighted by molar-refractivity contribution is 8.26. The highest BCUT2D eigenvalue weighted by atomic mass is 35.5. The van der Waals surface area contributed by atoms with Crippen molar-refractivity contribution in [2.45, 2.75) is 6.61 Å². The molecule has 0 radical (unpaired) electrons. The summed E-state index contributed by atoms with van der Waals surface area (Å²) in [6.07, 6.45) is 1.69. The summed E-state index contributed by atoms with van der Waals surface area (Å²) < 4.78 is 6.06. The molecule has 1 fully saturated rings. The Morgan fingerprint density at radius 1 is 1.03 bits per heavy atom. The van der Waals surface area contributed by atoms with Gasteiger partial charge in [0.25, 0.3) is 11.8 Å². The molecule has 1 aliphatic rings. The molecule has 3 aromatic rings. The molecule has 1 heterocycles. The Morgan fingerprint density at radius 3 is 2.56 bits per heavy atom. The van der Waals surface area contributed by atoms with Crippen molar-refractivity contribution in [3.8, 4) is 5.75 Å². The lowest BCUT2D eigenvalue weighted by atomic mass is 10.2. The van der Waals surface area contributed by atoms with Crippen LogP contribution in [0.1, 0.15) is 21.5 Å². The number of carbonyl (C=O) groups excluding carboxylic acids is 2. The summed E-state index contributed by atoms with van der Waals surface area (Å²) in [6, 6.07) is 18.9. The molecule has 0 bridgehead atoms. The number of hydrazine groups is 1. The van der Waals surface area contributed by atoms with Crippen molar-refractivity contribution in [3.05, 3.63) is 103 Å². The van der Waals surface area contributed by atoms with E-state index in [1.807, 2.05) is 12.1 Å². The monoisotopic (exact) mass is 548 g/mol. The van der Waals surface area contributed by atoms with E-state index in [0.29, 0.717) is 31.3 Å². The number of ether oxygens (including phenoxy) is 1. The van der Waals surface area contributed by atoms with E-state index in [9.17, 15) is 9.59 Å². The topological polar surface area (TPSA) is 58.6 Å². The van der Waals surface area contributed by atoms with Gasteiger partial charge in [0.05, 0.1) is 4.91 Å². The largest absolute Gasteiger partial charge is 0.489 e. The molecule has 10 heteroatoms. The van der Waals surface area contributed by atoms with Crippen molar-refractivity contribution in [1.29, 1.82) is 0 Å². The SMILES string of the molecule is O=C(NN1C(=O)/C(=C\c2cccc(OCc3ccc(Cl)cc3Cl)c2)SC1=S)c1cccc(Cl)c1. The summed E-state index contributed by atoms with van der Waals surface area (Å²) >= 11 is 24.5. The zero-order valence-corrected chi connectivity index (χ0v) is 21.2. The zero-order valence-electron chi connectivity index (χ0n) is 17.3. The van der Waals surface area contributed by atoms with Gasteiger partial charge >= 0.3 is 0 Å². The highest BCUT2D eigenvalue weighted by Gasteiger charge is 2.33. The molecular weight excluding hydrogens is 535 g/mol. The van der Waals surface area contributed by atoms with Crippen molar-refractivity contribution in [3.63, 3.8) is 0 Å².